The summed E-state index contributed by atoms with van der Waals surface area (Å²) in [6, 6.07) is 0. The summed E-state index contributed by atoms with van der Waals surface area (Å²) in [6.07, 6.45) is -0.186. The van der Waals surface area contributed by atoms with E-state index in [0.717, 1.165) is 6.54 Å². The van der Waals surface area contributed by atoms with E-state index in [1.807, 2.05) is 14.0 Å². The molecule has 0 spiro atoms. The van der Waals surface area contributed by atoms with E-state index in [1.165, 1.54) is 0 Å². The molecule has 2 unspecified atom stereocenters. The Labute approximate surface area is 63.0 Å². The fraction of sp³-hybridized carbons (Fsp3) is 1.00. The van der Waals surface area contributed by atoms with Crippen LogP contribution in [-0.4, -0.2) is 36.0 Å². The quantitative estimate of drug-likeness (QED) is 0.557. The molecule has 0 aliphatic heterocycles. The molecule has 0 aliphatic rings. The Morgan fingerprint density at radius 1 is 1.50 bits per heavy atom. The summed E-state index contributed by atoms with van der Waals surface area (Å²) in [4.78, 5) is 2.12. The second kappa shape index (κ2) is 4.66. The van der Waals surface area contributed by atoms with Crippen molar-refractivity contribution in [3.63, 3.8) is 0 Å². The van der Waals surface area contributed by atoms with E-state index >= 15 is 0 Å². The molecule has 0 rings (SSSR count). The van der Waals surface area contributed by atoms with Crippen LogP contribution in [0.15, 0.2) is 0 Å². The van der Waals surface area contributed by atoms with Crippen molar-refractivity contribution >= 4 is 0 Å². The normalized spacial score (nSPS) is 17.4. The third-order valence-corrected chi connectivity index (χ3v) is 1.64. The molecule has 0 saturated heterocycles. The zero-order valence-electron chi connectivity index (χ0n) is 7.26. The summed E-state index contributed by atoms with van der Waals surface area (Å²) >= 11 is 0. The molecule has 0 aromatic heterocycles. The Morgan fingerprint density at radius 2 is 2.00 bits per heavy atom. The fourth-order valence-electron chi connectivity index (χ4n) is 0.750. The van der Waals surface area contributed by atoms with Crippen molar-refractivity contribution in [1.29, 1.82) is 0 Å². The van der Waals surface area contributed by atoms with Crippen molar-refractivity contribution < 1.29 is 5.11 Å². The highest BCUT2D eigenvalue weighted by Gasteiger charge is 2.06. The van der Waals surface area contributed by atoms with Crippen LogP contribution in [0.2, 0.25) is 0 Å². The molecule has 0 amide bonds. The number of hydrogen-bond acceptors (Lipinski definition) is 3. The first kappa shape index (κ1) is 9.88. The number of nitrogens with one attached hydrogen (secondary N) is 1. The van der Waals surface area contributed by atoms with Gasteiger partial charge in [0.15, 0.2) is 0 Å². The van der Waals surface area contributed by atoms with Crippen molar-refractivity contribution in [2.24, 2.45) is 0 Å². The van der Waals surface area contributed by atoms with E-state index < -0.39 is 6.23 Å². The third-order valence-electron chi connectivity index (χ3n) is 1.64. The van der Waals surface area contributed by atoms with Crippen LogP contribution in [0.25, 0.3) is 0 Å². The van der Waals surface area contributed by atoms with Crippen LogP contribution >= 0.6 is 0 Å². The zero-order chi connectivity index (χ0) is 8.15. The van der Waals surface area contributed by atoms with Gasteiger partial charge in [-0.25, -0.2) is 0 Å². The Kier molecular flexibility index (Phi) is 4.60. The average molecular weight is 146 g/mol. The largest absolute Gasteiger partial charge is 0.379 e. The van der Waals surface area contributed by atoms with Crippen LogP contribution in [-0.2, 0) is 0 Å². The predicted molar refractivity (Wildman–Crippen MR) is 42.6 cm³/mol. The van der Waals surface area contributed by atoms with Gasteiger partial charge in [0.1, 0.15) is 6.23 Å². The topological polar surface area (TPSA) is 35.5 Å². The molecule has 0 aliphatic carbocycles. The molecular formula is C7H18N2O. The first-order chi connectivity index (χ1) is 4.57. The minimum absolute atomic E-state index is 0.241. The van der Waals surface area contributed by atoms with Gasteiger partial charge in [0, 0.05) is 0 Å². The van der Waals surface area contributed by atoms with Crippen LogP contribution < -0.4 is 5.32 Å². The number of aliphatic hydroxyl groups excluding tert-OH is 1. The minimum atomic E-state index is -0.427. The van der Waals surface area contributed by atoms with E-state index in [2.05, 4.69) is 17.1 Å². The first-order valence-corrected chi connectivity index (χ1v) is 3.72. The van der Waals surface area contributed by atoms with E-state index in [4.69, 9.17) is 5.11 Å². The van der Waals surface area contributed by atoms with Gasteiger partial charge in [0.2, 0.25) is 0 Å². The van der Waals surface area contributed by atoms with Gasteiger partial charge in [-0.1, -0.05) is 6.92 Å². The lowest BCUT2D eigenvalue weighted by Gasteiger charge is -2.25. The van der Waals surface area contributed by atoms with E-state index in [-0.39, 0.29) is 6.17 Å². The van der Waals surface area contributed by atoms with Crippen LogP contribution in [0.1, 0.15) is 20.8 Å². The highest BCUT2D eigenvalue weighted by molar-refractivity contribution is 4.58. The SMILES string of the molecule is CCN(C)C(C)NC(C)O. The molecule has 0 aromatic rings. The van der Waals surface area contributed by atoms with E-state index in [1.54, 1.807) is 6.92 Å². The van der Waals surface area contributed by atoms with Crippen molar-refractivity contribution in [2.45, 2.75) is 33.2 Å². The zero-order valence-corrected chi connectivity index (χ0v) is 7.26. The molecule has 0 heterocycles. The van der Waals surface area contributed by atoms with Gasteiger partial charge in [0.05, 0.1) is 6.17 Å². The van der Waals surface area contributed by atoms with Gasteiger partial charge >= 0.3 is 0 Å². The molecule has 62 valence electrons. The number of nitrogens with zero attached hydrogens (tertiary/aromatic N) is 1. The number of aliphatic hydroxyl groups is 1. The number of hydrogen-bond donors (Lipinski definition) is 2. The van der Waals surface area contributed by atoms with Crippen molar-refractivity contribution in [1.82, 2.24) is 10.2 Å². The maximum Gasteiger partial charge on any atom is 0.103 e. The fourth-order valence-corrected chi connectivity index (χ4v) is 0.750. The molecule has 3 heteroatoms. The highest BCUT2D eigenvalue weighted by Crippen LogP contribution is 1.90. The molecule has 0 bridgehead atoms. The number of rotatable bonds is 4. The second-order valence-electron chi connectivity index (χ2n) is 2.59. The van der Waals surface area contributed by atoms with Crippen molar-refractivity contribution in [3.05, 3.63) is 0 Å². The molecule has 10 heavy (non-hydrogen) atoms. The van der Waals surface area contributed by atoms with Gasteiger partial charge in [-0.05, 0) is 27.4 Å². The van der Waals surface area contributed by atoms with E-state index in [0.29, 0.717) is 0 Å². The maximum atomic E-state index is 8.93. The summed E-state index contributed by atoms with van der Waals surface area (Å²) in [6.45, 7) is 6.82. The summed E-state index contributed by atoms with van der Waals surface area (Å²) in [5, 5.41) is 11.9. The smallest absolute Gasteiger partial charge is 0.103 e. The highest BCUT2D eigenvalue weighted by atomic mass is 16.3. The predicted octanol–water partition coefficient (Wildman–Crippen LogP) is 0.212. The Hall–Kier alpha value is -0.120. The van der Waals surface area contributed by atoms with Gasteiger partial charge < -0.3 is 5.11 Å². The monoisotopic (exact) mass is 146 g/mol. The molecule has 0 saturated carbocycles. The Balaban J connectivity index is 3.50. The molecule has 0 radical (unpaired) electrons. The lowest BCUT2D eigenvalue weighted by molar-refractivity contribution is 0.0988. The van der Waals surface area contributed by atoms with Crippen LogP contribution in [0.5, 0.6) is 0 Å². The lowest BCUT2D eigenvalue weighted by Crippen LogP contribution is -2.45. The molecule has 2 atom stereocenters. The second-order valence-corrected chi connectivity index (χ2v) is 2.59. The lowest BCUT2D eigenvalue weighted by atomic mass is 10.4. The van der Waals surface area contributed by atoms with Crippen LogP contribution in [0.3, 0.4) is 0 Å². The van der Waals surface area contributed by atoms with E-state index in [9.17, 15) is 0 Å². The van der Waals surface area contributed by atoms with Gasteiger partial charge in [0.25, 0.3) is 0 Å². The molecule has 2 N–H and O–H groups in total. The standard InChI is InChI=1S/C7H18N2O/c1-5-9(4)6(2)8-7(3)10/h6-8,10H,5H2,1-4H3. The summed E-state index contributed by atoms with van der Waals surface area (Å²) in [5.41, 5.74) is 0. The molecule has 0 aromatic carbocycles. The van der Waals surface area contributed by atoms with Gasteiger partial charge in [-0.15, -0.1) is 0 Å². The minimum Gasteiger partial charge on any atom is -0.379 e. The van der Waals surface area contributed by atoms with Gasteiger partial charge in [-0.2, -0.15) is 0 Å². The van der Waals surface area contributed by atoms with Crippen molar-refractivity contribution in [3.8, 4) is 0 Å². The molecule has 3 nitrogen and oxygen atoms in total. The maximum absolute atomic E-state index is 8.93. The molecular weight excluding hydrogens is 128 g/mol. The average Bonchev–Trinajstić information content (AvgIpc) is 1.85. The molecule has 0 fully saturated rings. The van der Waals surface area contributed by atoms with Crippen LogP contribution in [0.4, 0.5) is 0 Å². The van der Waals surface area contributed by atoms with Crippen LogP contribution in [0, 0.1) is 0 Å². The summed E-state index contributed by atoms with van der Waals surface area (Å²) in [7, 11) is 2.01. The first-order valence-electron chi connectivity index (χ1n) is 3.72. The third kappa shape index (κ3) is 3.82. The Bertz CT molecular complexity index is 85.7. The van der Waals surface area contributed by atoms with Crippen molar-refractivity contribution in [2.75, 3.05) is 13.6 Å². The summed E-state index contributed by atoms with van der Waals surface area (Å²) < 4.78 is 0. The Morgan fingerprint density at radius 3 is 2.30 bits per heavy atom. The summed E-state index contributed by atoms with van der Waals surface area (Å²) in [5.74, 6) is 0. The van der Waals surface area contributed by atoms with Gasteiger partial charge in [-0.3, -0.25) is 10.2 Å².